The molecule has 0 aliphatic carbocycles. The Morgan fingerprint density at radius 2 is 1.85 bits per heavy atom. The fourth-order valence-corrected chi connectivity index (χ4v) is 1.92. The van der Waals surface area contributed by atoms with Gasteiger partial charge >= 0.3 is 0 Å². The quantitative estimate of drug-likeness (QED) is 0.816. The van der Waals surface area contributed by atoms with Crippen LogP contribution in [0.15, 0.2) is 34.8 Å². The fourth-order valence-electron chi connectivity index (χ4n) is 1.56. The Morgan fingerprint density at radius 3 is 2.55 bits per heavy atom. The highest BCUT2D eigenvalue weighted by Gasteiger charge is 2.17. The predicted molar refractivity (Wildman–Crippen MR) is 72.8 cm³/mol. The van der Waals surface area contributed by atoms with Crippen LogP contribution in [0, 0.1) is 17.5 Å². The summed E-state index contributed by atoms with van der Waals surface area (Å²) in [6, 6.07) is 5.30. The average molecular weight is 345 g/mol. The summed E-state index contributed by atoms with van der Waals surface area (Å²) in [7, 11) is 0. The van der Waals surface area contributed by atoms with Gasteiger partial charge in [-0.15, -0.1) is 0 Å². The number of anilines is 2. The standard InChI is InChI=1S/C13H8BrF3N2O/c14-6-1-2-9(16)11(3-6)19-13(20)8-4-7(15)5-10(18)12(8)17/h1-5H,18H2,(H,19,20). The zero-order valence-electron chi connectivity index (χ0n) is 9.88. The van der Waals surface area contributed by atoms with Gasteiger partial charge in [-0.2, -0.15) is 0 Å². The second-order valence-corrected chi connectivity index (χ2v) is 4.85. The SMILES string of the molecule is Nc1cc(F)cc(C(=O)Nc2cc(Br)ccc2F)c1F. The van der Waals surface area contributed by atoms with Gasteiger partial charge < -0.3 is 11.1 Å². The number of carbonyl (C=O) groups excluding carboxylic acids is 1. The smallest absolute Gasteiger partial charge is 0.258 e. The Kier molecular flexibility index (Phi) is 3.99. The van der Waals surface area contributed by atoms with Crippen molar-refractivity contribution in [3.63, 3.8) is 0 Å². The second kappa shape index (κ2) is 5.54. The van der Waals surface area contributed by atoms with Crippen molar-refractivity contribution < 1.29 is 18.0 Å². The highest BCUT2D eigenvalue weighted by molar-refractivity contribution is 9.10. The van der Waals surface area contributed by atoms with Crippen molar-refractivity contribution in [3.05, 3.63) is 57.8 Å². The van der Waals surface area contributed by atoms with Crippen molar-refractivity contribution in [1.29, 1.82) is 0 Å². The molecule has 0 heterocycles. The Bertz CT molecular complexity index is 692. The minimum absolute atomic E-state index is 0.161. The van der Waals surface area contributed by atoms with E-state index < -0.39 is 34.6 Å². The Morgan fingerprint density at radius 1 is 1.15 bits per heavy atom. The van der Waals surface area contributed by atoms with Crippen molar-refractivity contribution >= 4 is 33.2 Å². The number of amides is 1. The largest absolute Gasteiger partial charge is 0.396 e. The molecule has 0 saturated heterocycles. The summed E-state index contributed by atoms with van der Waals surface area (Å²) in [5.41, 5.74) is 3.98. The number of rotatable bonds is 2. The lowest BCUT2D eigenvalue weighted by molar-refractivity contribution is 0.102. The molecule has 0 fully saturated rings. The van der Waals surface area contributed by atoms with Crippen LogP contribution in [0.1, 0.15) is 10.4 Å². The molecule has 2 rings (SSSR count). The van der Waals surface area contributed by atoms with Crippen LogP contribution in [0.25, 0.3) is 0 Å². The molecule has 1 amide bonds. The van der Waals surface area contributed by atoms with E-state index in [0.717, 1.165) is 12.1 Å². The van der Waals surface area contributed by atoms with Crippen LogP contribution in [-0.4, -0.2) is 5.91 Å². The minimum Gasteiger partial charge on any atom is -0.396 e. The molecule has 3 N–H and O–H groups in total. The molecule has 0 bridgehead atoms. The van der Waals surface area contributed by atoms with Gasteiger partial charge in [0, 0.05) is 4.47 Å². The van der Waals surface area contributed by atoms with E-state index in [4.69, 9.17) is 5.73 Å². The van der Waals surface area contributed by atoms with Crippen molar-refractivity contribution in [3.8, 4) is 0 Å². The first kappa shape index (κ1) is 14.4. The van der Waals surface area contributed by atoms with Crippen LogP contribution >= 0.6 is 15.9 Å². The number of nitrogens with two attached hydrogens (primary N) is 1. The average Bonchev–Trinajstić information content (AvgIpc) is 2.38. The van der Waals surface area contributed by atoms with Gasteiger partial charge in [-0.25, -0.2) is 13.2 Å². The highest BCUT2D eigenvalue weighted by Crippen LogP contribution is 2.22. The Balaban J connectivity index is 2.35. The number of nitrogen functional groups attached to an aromatic ring is 1. The first-order valence-electron chi connectivity index (χ1n) is 5.39. The van der Waals surface area contributed by atoms with Gasteiger partial charge in [0.15, 0.2) is 5.82 Å². The zero-order chi connectivity index (χ0) is 14.9. The van der Waals surface area contributed by atoms with Crippen LogP contribution < -0.4 is 11.1 Å². The molecule has 0 aliphatic heterocycles. The monoisotopic (exact) mass is 344 g/mol. The van der Waals surface area contributed by atoms with E-state index in [9.17, 15) is 18.0 Å². The number of carbonyl (C=O) groups is 1. The normalized spacial score (nSPS) is 10.4. The third-order valence-corrected chi connectivity index (χ3v) is 2.98. The van der Waals surface area contributed by atoms with Gasteiger partial charge in [-0.3, -0.25) is 4.79 Å². The summed E-state index contributed by atoms with van der Waals surface area (Å²) in [5.74, 6) is -3.61. The van der Waals surface area contributed by atoms with Crippen molar-refractivity contribution in [1.82, 2.24) is 0 Å². The van der Waals surface area contributed by atoms with E-state index >= 15 is 0 Å². The Labute approximate surface area is 120 Å². The van der Waals surface area contributed by atoms with Gasteiger partial charge in [-0.05, 0) is 30.3 Å². The highest BCUT2D eigenvalue weighted by atomic mass is 79.9. The molecule has 0 radical (unpaired) electrons. The zero-order valence-corrected chi connectivity index (χ0v) is 11.5. The summed E-state index contributed by atoms with van der Waals surface area (Å²) >= 11 is 3.11. The van der Waals surface area contributed by atoms with Crippen molar-refractivity contribution in [2.45, 2.75) is 0 Å². The van der Waals surface area contributed by atoms with Gasteiger partial charge in [0.05, 0.1) is 16.9 Å². The van der Waals surface area contributed by atoms with Crippen LogP contribution in [0.3, 0.4) is 0 Å². The number of benzene rings is 2. The number of nitrogens with one attached hydrogen (secondary N) is 1. The maximum atomic E-state index is 13.7. The van der Waals surface area contributed by atoms with Crippen molar-refractivity contribution in [2.24, 2.45) is 0 Å². The molecule has 3 nitrogen and oxygen atoms in total. The van der Waals surface area contributed by atoms with Crippen molar-refractivity contribution in [2.75, 3.05) is 11.1 Å². The molecule has 20 heavy (non-hydrogen) atoms. The molecule has 2 aromatic rings. The minimum atomic E-state index is -1.06. The number of halogens is 4. The topological polar surface area (TPSA) is 55.1 Å². The van der Waals surface area contributed by atoms with Gasteiger partial charge in [0.25, 0.3) is 5.91 Å². The van der Waals surface area contributed by atoms with E-state index in [-0.39, 0.29) is 5.69 Å². The van der Waals surface area contributed by atoms with Gasteiger partial charge in [0.1, 0.15) is 11.6 Å². The Hall–Kier alpha value is -2.02. The first-order valence-corrected chi connectivity index (χ1v) is 6.18. The number of hydrogen-bond acceptors (Lipinski definition) is 2. The second-order valence-electron chi connectivity index (χ2n) is 3.93. The predicted octanol–water partition coefficient (Wildman–Crippen LogP) is 3.70. The first-order chi connectivity index (χ1) is 9.38. The lowest BCUT2D eigenvalue weighted by Gasteiger charge is -2.09. The molecule has 0 aromatic heterocycles. The van der Waals surface area contributed by atoms with E-state index in [1.54, 1.807) is 0 Å². The summed E-state index contributed by atoms with van der Waals surface area (Å²) in [4.78, 5) is 11.8. The maximum absolute atomic E-state index is 13.7. The summed E-state index contributed by atoms with van der Waals surface area (Å²) in [5, 5.41) is 2.16. The van der Waals surface area contributed by atoms with Crippen LogP contribution in [0.4, 0.5) is 24.5 Å². The third kappa shape index (κ3) is 2.93. The fraction of sp³-hybridized carbons (Fsp3) is 0. The molecule has 0 atom stereocenters. The molecule has 2 aromatic carbocycles. The van der Waals surface area contributed by atoms with E-state index in [0.29, 0.717) is 10.5 Å². The lowest BCUT2D eigenvalue weighted by atomic mass is 10.1. The van der Waals surface area contributed by atoms with Crippen LogP contribution in [0.2, 0.25) is 0 Å². The molecular formula is C13H8BrF3N2O. The number of hydrogen-bond donors (Lipinski definition) is 2. The lowest BCUT2D eigenvalue weighted by Crippen LogP contribution is -2.16. The molecule has 7 heteroatoms. The molecule has 0 saturated carbocycles. The van der Waals surface area contributed by atoms with E-state index in [2.05, 4.69) is 21.2 Å². The molecular weight excluding hydrogens is 337 g/mol. The molecule has 0 aliphatic rings. The summed E-state index contributed by atoms with van der Waals surface area (Å²) in [6.07, 6.45) is 0. The van der Waals surface area contributed by atoms with Crippen LogP contribution in [0.5, 0.6) is 0 Å². The molecule has 0 unspecified atom stereocenters. The maximum Gasteiger partial charge on any atom is 0.258 e. The third-order valence-electron chi connectivity index (χ3n) is 2.49. The summed E-state index contributed by atoms with van der Waals surface area (Å²) in [6.45, 7) is 0. The summed E-state index contributed by atoms with van der Waals surface area (Å²) < 4.78 is 40.8. The van der Waals surface area contributed by atoms with E-state index in [1.807, 2.05) is 0 Å². The van der Waals surface area contributed by atoms with E-state index in [1.165, 1.54) is 12.1 Å². The van der Waals surface area contributed by atoms with Gasteiger partial charge in [-0.1, -0.05) is 15.9 Å². The molecule has 0 spiro atoms. The van der Waals surface area contributed by atoms with Gasteiger partial charge in [0.2, 0.25) is 0 Å². The van der Waals surface area contributed by atoms with Crippen LogP contribution in [-0.2, 0) is 0 Å². The molecule has 104 valence electrons.